The van der Waals surface area contributed by atoms with Crippen LogP contribution in [0.1, 0.15) is 32.3 Å². The molecule has 0 aromatic carbocycles. The van der Waals surface area contributed by atoms with E-state index in [2.05, 4.69) is 30.8 Å². The van der Waals surface area contributed by atoms with Crippen molar-refractivity contribution >= 4 is 23.2 Å². The number of halogens is 2. The van der Waals surface area contributed by atoms with Gasteiger partial charge in [0.05, 0.1) is 0 Å². The maximum atomic E-state index is 6.10. The van der Waals surface area contributed by atoms with Crippen molar-refractivity contribution in [3.05, 3.63) is 28.0 Å². The summed E-state index contributed by atoms with van der Waals surface area (Å²) < 4.78 is 0. The third-order valence-corrected chi connectivity index (χ3v) is 3.33. The average Bonchev–Trinajstić information content (AvgIpc) is 2.22. The van der Waals surface area contributed by atoms with E-state index in [9.17, 15) is 0 Å². The smallest absolute Gasteiger partial charge is 0.130 e. The highest BCUT2D eigenvalue weighted by atomic mass is 35.5. The lowest BCUT2D eigenvalue weighted by Gasteiger charge is -2.24. The average molecular weight is 261 g/mol. The summed E-state index contributed by atoms with van der Waals surface area (Å²) in [6.45, 7) is 5.23. The van der Waals surface area contributed by atoms with Gasteiger partial charge in [-0.25, -0.2) is 4.98 Å². The first-order valence-corrected chi connectivity index (χ1v) is 6.30. The maximum absolute atomic E-state index is 6.10. The Morgan fingerprint density at radius 3 is 2.69 bits per heavy atom. The molecule has 1 atom stereocenters. The fraction of sp³-hybridized carbons (Fsp3) is 0.583. The van der Waals surface area contributed by atoms with Gasteiger partial charge in [0.2, 0.25) is 0 Å². The topological polar surface area (TPSA) is 16.1 Å². The predicted molar refractivity (Wildman–Crippen MR) is 70.1 cm³/mol. The van der Waals surface area contributed by atoms with Gasteiger partial charge in [0.1, 0.15) is 5.15 Å². The second-order valence-electron chi connectivity index (χ2n) is 4.15. The van der Waals surface area contributed by atoms with Crippen molar-refractivity contribution in [1.29, 1.82) is 0 Å². The first kappa shape index (κ1) is 13.8. The maximum Gasteiger partial charge on any atom is 0.130 e. The molecular weight excluding hydrogens is 243 g/mol. The number of nitrogens with zero attached hydrogens (tertiary/aromatic N) is 2. The number of pyridine rings is 1. The molecule has 2 nitrogen and oxygen atoms in total. The van der Waals surface area contributed by atoms with Crippen molar-refractivity contribution in [3.63, 3.8) is 0 Å². The highest BCUT2D eigenvalue weighted by Crippen LogP contribution is 2.20. The zero-order valence-corrected chi connectivity index (χ0v) is 11.5. The molecule has 0 aliphatic rings. The number of hydrogen-bond donors (Lipinski definition) is 0. The lowest BCUT2D eigenvalue weighted by Crippen LogP contribution is -2.28. The molecule has 0 radical (unpaired) electrons. The quantitative estimate of drug-likeness (QED) is 0.744. The van der Waals surface area contributed by atoms with E-state index in [1.807, 2.05) is 0 Å². The number of aromatic nitrogens is 1. The monoisotopic (exact) mass is 260 g/mol. The number of rotatable bonds is 5. The Hall–Kier alpha value is -0.310. The van der Waals surface area contributed by atoms with Crippen molar-refractivity contribution < 1.29 is 0 Å². The first-order chi connectivity index (χ1) is 7.54. The summed E-state index contributed by atoms with van der Waals surface area (Å²) in [6, 6.07) is 2.24. The summed E-state index contributed by atoms with van der Waals surface area (Å²) >= 11 is 11.9. The summed E-state index contributed by atoms with van der Waals surface area (Å²) in [4.78, 5) is 6.33. The van der Waals surface area contributed by atoms with Crippen LogP contribution in [-0.2, 0) is 6.54 Å². The standard InChI is InChI=1S/C12H18Cl2N2/c1-4-5-9(2)16(3)8-10-7-15-12(14)6-11(10)13/h6-7,9H,4-5,8H2,1-3H3. The Bertz CT molecular complexity index is 342. The van der Waals surface area contributed by atoms with Gasteiger partial charge in [-0.1, -0.05) is 36.5 Å². The predicted octanol–water partition coefficient (Wildman–Crippen LogP) is 4.01. The van der Waals surface area contributed by atoms with Gasteiger partial charge in [0, 0.05) is 29.4 Å². The molecule has 0 bridgehead atoms. The lowest BCUT2D eigenvalue weighted by molar-refractivity contribution is 0.236. The zero-order chi connectivity index (χ0) is 12.1. The molecule has 1 aromatic rings. The van der Waals surface area contributed by atoms with Crippen LogP contribution in [0.5, 0.6) is 0 Å². The van der Waals surface area contributed by atoms with Crippen molar-refractivity contribution in [2.24, 2.45) is 0 Å². The minimum atomic E-state index is 0.443. The second kappa shape index (κ2) is 6.43. The molecular formula is C12H18Cl2N2. The minimum Gasteiger partial charge on any atom is -0.299 e. The SMILES string of the molecule is CCCC(C)N(C)Cc1cnc(Cl)cc1Cl. The molecule has 0 fully saturated rings. The summed E-state index contributed by atoms with van der Waals surface area (Å²) in [5.74, 6) is 0. The summed E-state index contributed by atoms with van der Waals surface area (Å²) in [7, 11) is 2.10. The Kier molecular flexibility index (Phi) is 5.53. The third-order valence-electron chi connectivity index (χ3n) is 2.77. The molecule has 0 saturated heterocycles. The van der Waals surface area contributed by atoms with Crippen molar-refractivity contribution in [1.82, 2.24) is 9.88 Å². The van der Waals surface area contributed by atoms with Gasteiger partial charge >= 0.3 is 0 Å². The summed E-state index contributed by atoms with van der Waals surface area (Å²) in [5, 5.41) is 1.13. The van der Waals surface area contributed by atoms with E-state index in [-0.39, 0.29) is 0 Å². The van der Waals surface area contributed by atoms with Crippen LogP contribution in [0.3, 0.4) is 0 Å². The number of hydrogen-bond acceptors (Lipinski definition) is 2. The Balaban J connectivity index is 2.65. The summed E-state index contributed by atoms with van der Waals surface area (Å²) in [5.41, 5.74) is 1.02. The molecule has 0 aliphatic carbocycles. The van der Waals surface area contributed by atoms with Crippen LogP contribution in [0.4, 0.5) is 0 Å². The van der Waals surface area contributed by atoms with Crippen LogP contribution in [0.2, 0.25) is 10.2 Å². The van der Waals surface area contributed by atoms with E-state index in [4.69, 9.17) is 23.2 Å². The highest BCUT2D eigenvalue weighted by molar-refractivity contribution is 6.34. The molecule has 1 rings (SSSR count). The molecule has 0 N–H and O–H groups in total. The van der Waals surface area contributed by atoms with E-state index >= 15 is 0 Å². The molecule has 0 aliphatic heterocycles. The molecule has 0 saturated carbocycles. The van der Waals surface area contributed by atoms with Crippen LogP contribution < -0.4 is 0 Å². The molecule has 1 heterocycles. The van der Waals surface area contributed by atoms with Gasteiger partial charge in [-0.2, -0.15) is 0 Å². The van der Waals surface area contributed by atoms with E-state index in [1.165, 1.54) is 12.8 Å². The fourth-order valence-corrected chi connectivity index (χ4v) is 2.04. The van der Waals surface area contributed by atoms with Gasteiger partial charge < -0.3 is 0 Å². The van der Waals surface area contributed by atoms with E-state index < -0.39 is 0 Å². The van der Waals surface area contributed by atoms with E-state index in [1.54, 1.807) is 12.3 Å². The summed E-state index contributed by atoms with van der Waals surface area (Å²) in [6.07, 6.45) is 4.13. The van der Waals surface area contributed by atoms with Crippen LogP contribution >= 0.6 is 23.2 Å². The Morgan fingerprint density at radius 2 is 2.12 bits per heavy atom. The van der Waals surface area contributed by atoms with Crippen molar-refractivity contribution in [2.45, 2.75) is 39.3 Å². The fourth-order valence-electron chi connectivity index (χ4n) is 1.61. The second-order valence-corrected chi connectivity index (χ2v) is 4.95. The van der Waals surface area contributed by atoms with Gasteiger partial charge in [-0.15, -0.1) is 0 Å². The molecule has 1 aromatic heterocycles. The van der Waals surface area contributed by atoms with Gasteiger partial charge in [0.25, 0.3) is 0 Å². The van der Waals surface area contributed by atoms with Gasteiger partial charge in [-0.3, -0.25) is 4.90 Å². The van der Waals surface area contributed by atoms with Crippen molar-refractivity contribution in [3.8, 4) is 0 Å². The first-order valence-electron chi connectivity index (χ1n) is 5.54. The molecule has 0 spiro atoms. The van der Waals surface area contributed by atoms with E-state index in [0.29, 0.717) is 16.2 Å². The minimum absolute atomic E-state index is 0.443. The van der Waals surface area contributed by atoms with Crippen LogP contribution in [0, 0.1) is 0 Å². The molecule has 0 amide bonds. The third kappa shape index (κ3) is 3.93. The normalized spacial score (nSPS) is 13.1. The molecule has 16 heavy (non-hydrogen) atoms. The van der Waals surface area contributed by atoms with Crippen LogP contribution in [-0.4, -0.2) is 23.0 Å². The largest absolute Gasteiger partial charge is 0.299 e. The molecule has 90 valence electrons. The van der Waals surface area contributed by atoms with Crippen LogP contribution in [0.15, 0.2) is 12.3 Å². The molecule has 4 heteroatoms. The lowest BCUT2D eigenvalue weighted by atomic mass is 10.1. The van der Waals surface area contributed by atoms with Gasteiger partial charge in [-0.05, 0) is 26.5 Å². The molecule has 1 unspecified atom stereocenters. The van der Waals surface area contributed by atoms with Crippen LogP contribution in [0.25, 0.3) is 0 Å². The van der Waals surface area contributed by atoms with E-state index in [0.717, 1.165) is 12.1 Å². The highest BCUT2D eigenvalue weighted by Gasteiger charge is 2.11. The zero-order valence-electron chi connectivity index (χ0n) is 10.0. The van der Waals surface area contributed by atoms with Crippen molar-refractivity contribution in [2.75, 3.05) is 7.05 Å². The Labute approximate surface area is 108 Å². The van der Waals surface area contributed by atoms with Gasteiger partial charge in [0.15, 0.2) is 0 Å². The Morgan fingerprint density at radius 1 is 1.44 bits per heavy atom.